The minimum Gasteiger partial charge on any atom is -0.368 e. The second kappa shape index (κ2) is 6.23. The normalized spacial score (nSPS) is 15.8. The Morgan fingerprint density at radius 3 is 2.54 bits per heavy atom. The van der Waals surface area contributed by atoms with Gasteiger partial charge in [-0.05, 0) is 20.2 Å². The van der Waals surface area contributed by atoms with E-state index in [2.05, 4.69) is 13.2 Å². The Balaban J connectivity index is 3.84. The van der Waals surface area contributed by atoms with Crippen LogP contribution in [0.2, 0.25) is 0 Å². The number of likely N-dealkylation sites (N-methyl/N-ethyl adjacent to an activating group) is 1. The fourth-order valence-corrected chi connectivity index (χ4v) is 1.69. The van der Waals surface area contributed by atoms with Gasteiger partial charge in [-0.2, -0.15) is 11.8 Å². The van der Waals surface area contributed by atoms with E-state index in [1.807, 2.05) is 11.9 Å². The quantitative estimate of drug-likeness (QED) is 0.612. The van der Waals surface area contributed by atoms with Gasteiger partial charge < -0.3 is 16.4 Å². The first-order valence-corrected chi connectivity index (χ1v) is 5.62. The molecule has 0 aliphatic carbocycles. The highest BCUT2D eigenvalue weighted by molar-refractivity contribution is 7.98. The SMILES string of the molecule is CSCC(C)N(C)CC(N)C(N)=O. The minimum absolute atomic E-state index is 0.417. The summed E-state index contributed by atoms with van der Waals surface area (Å²) in [4.78, 5) is 12.7. The molecular formula is C8H19N3OS. The van der Waals surface area contributed by atoms with Crippen molar-refractivity contribution in [2.75, 3.05) is 25.6 Å². The first-order chi connectivity index (χ1) is 5.99. The van der Waals surface area contributed by atoms with Crippen LogP contribution in [0.25, 0.3) is 0 Å². The lowest BCUT2D eigenvalue weighted by molar-refractivity contribution is -0.119. The Kier molecular flexibility index (Phi) is 6.11. The monoisotopic (exact) mass is 205 g/mol. The second-order valence-electron chi connectivity index (χ2n) is 3.25. The zero-order chi connectivity index (χ0) is 10.4. The van der Waals surface area contributed by atoms with Crippen LogP contribution in [0.1, 0.15) is 6.92 Å². The number of amides is 1. The fraction of sp³-hybridized carbons (Fsp3) is 0.875. The largest absolute Gasteiger partial charge is 0.368 e. The topological polar surface area (TPSA) is 72.3 Å². The zero-order valence-electron chi connectivity index (χ0n) is 8.49. The van der Waals surface area contributed by atoms with Crippen molar-refractivity contribution >= 4 is 17.7 Å². The molecule has 4 nitrogen and oxygen atoms in total. The number of hydrogen-bond acceptors (Lipinski definition) is 4. The van der Waals surface area contributed by atoms with Gasteiger partial charge in [-0.25, -0.2) is 0 Å². The molecule has 4 N–H and O–H groups in total. The molecule has 0 aromatic heterocycles. The molecule has 0 aromatic rings. The van der Waals surface area contributed by atoms with Crippen LogP contribution in [0, 0.1) is 0 Å². The molecule has 13 heavy (non-hydrogen) atoms. The van der Waals surface area contributed by atoms with Gasteiger partial charge in [0.25, 0.3) is 0 Å². The molecule has 2 unspecified atom stereocenters. The van der Waals surface area contributed by atoms with Crippen molar-refractivity contribution in [2.24, 2.45) is 11.5 Å². The molecule has 2 atom stereocenters. The molecule has 0 bridgehead atoms. The molecule has 0 spiro atoms. The van der Waals surface area contributed by atoms with Crippen molar-refractivity contribution in [2.45, 2.75) is 19.0 Å². The van der Waals surface area contributed by atoms with E-state index >= 15 is 0 Å². The van der Waals surface area contributed by atoms with Crippen LogP contribution >= 0.6 is 11.8 Å². The summed E-state index contributed by atoms with van der Waals surface area (Å²) in [6, 6.07) is -0.144. The average molecular weight is 205 g/mol. The minimum atomic E-state index is -0.561. The number of hydrogen-bond donors (Lipinski definition) is 2. The van der Waals surface area contributed by atoms with E-state index in [-0.39, 0.29) is 0 Å². The van der Waals surface area contributed by atoms with E-state index < -0.39 is 11.9 Å². The molecule has 0 aliphatic heterocycles. The number of carbonyl (C=O) groups is 1. The first-order valence-electron chi connectivity index (χ1n) is 4.23. The summed E-state index contributed by atoms with van der Waals surface area (Å²) in [5, 5.41) is 0. The van der Waals surface area contributed by atoms with Gasteiger partial charge in [0.05, 0.1) is 6.04 Å². The highest BCUT2D eigenvalue weighted by Crippen LogP contribution is 2.03. The van der Waals surface area contributed by atoms with Gasteiger partial charge in [0.2, 0.25) is 5.91 Å². The van der Waals surface area contributed by atoms with Gasteiger partial charge in [0.1, 0.15) is 0 Å². The van der Waals surface area contributed by atoms with Gasteiger partial charge in [-0.1, -0.05) is 0 Å². The molecule has 0 heterocycles. The smallest absolute Gasteiger partial charge is 0.235 e. The maximum absolute atomic E-state index is 10.7. The van der Waals surface area contributed by atoms with E-state index in [0.29, 0.717) is 12.6 Å². The highest BCUT2D eigenvalue weighted by atomic mass is 32.2. The third kappa shape index (κ3) is 5.13. The number of nitrogens with two attached hydrogens (primary N) is 2. The fourth-order valence-electron chi connectivity index (χ4n) is 0.949. The third-order valence-corrected chi connectivity index (χ3v) is 2.83. The van der Waals surface area contributed by atoms with Crippen LogP contribution in [0.15, 0.2) is 0 Å². The van der Waals surface area contributed by atoms with Crippen molar-refractivity contribution in [3.8, 4) is 0 Å². The van der Waals surface area contributed by atoms with Crippen molar-refractivity contribution in [1.29, 1.82) is 0 Å². The van der Waals surface area contributed by atoms with Gasteiger partial charge >= 0.3 is 0 Å². The van der Waals surface area contributed by atoms with Crippen LogP contribution in [-0.2, 0) is 4.79 Å². The molecule has 0 radical (unpaired) electrons. The number of rotatable bonds is 6. The van der Waals surface area contributed by atoms with Crippen molar-refractivity contribution in [3.05, 3.63) is 0 Å². The van der Waals surface area contributed by atoms with Crippen molar-refractivity contribution in [1.82, 2.24) is 4.90 Å². The number of thioether (sulfide) groups is 1. The van der Waals surface area contributed by atoms with Crippen LogP contribution in [0.3, 0.4) is 0 Å². The molecular weight excluding hydrogens is 186 g/mol. The molecule has 0 aromatic carbocycles. The molecule has 0 rings (SSSR count). The number of primary amides is 1. The molecule has 0 saturated carbocycles. The van der Waals surface area contributed by atoms with Crippen molar-refractivity contribution in [3.63, 3.8) is 0 Å². The number of carbonyl (C=O) groups excluding carboxylic acids is 1. The lowest BCUT2D eigenvalue weighted by Crippen LogP contribution is -2.47. The van der Waals surface area contributed by atoms with Gasteiger partial charge in [0.15, 0.2) is 0 Å². The molecule has 0 saturated heterocycles. The summed E-state index contributed by atoms with van der Waals surface area (Å²) in [5.74, 6) is 0.588. The first kappa shape index (κ1) is 12.7. The molecule has 5 heteroatoms. The van der Waals surface area contributed by atoms with E-state index in [1.165, 1.54) is 0 Å². The average Bonchev–Trinajstić information content (AvgIpc) is 2.04. The Bertz CT molecular complexity index is 165. The Hall–Kier alpha value is -0.260. The lowest BCUT2D eigenvalue weighted by atomic mass is 10.2. The molecule has 0 aliphatic rings. The summed E-state index contributed by atoms with van der Waals surface area (Å²) in [6.07, 6.45) is 2.05. The van der Waals surface area contributed by atoms with Gasteiger partial charge in [0, 0.05) is 18.3 Å². The maximum Gasteiger partial charge on any atom is 0.235 e. The van der Waals surface area contributed by atoms with Gasteiger partial charge in [-0.3, -0.25) is 4.79 Å². The predicted molar refractivity (Wildman–Crippen MR) is 57.6 cm³/mol. The summed E-state index contributed by atoms with van der Waals surface area (Å²) in [5.41, 5.74) is 10.6. The highest BCUT2D eigenvalue weighted by Gasteiger charge is 2.15. The van der Waals surface area contributed by atoms with E-state index in [1.54, 1.807) is 11.8 Å². The Morgan fingerprint density at radius 1 is 1.62 bits per heavy atom. The summed E-state index contributed by atoms with van der Waals surface area (Å²) >= 11 is 1.77. The summed E-state index contributed by atoms with van der Waals surface area (Å²) < 4.78 is 0. The molecule has 78 valence electrons. The number of nitrogens with zero attached hydrogens (tertiary/aromatic N) is 1. The Labute approximate surface area is 84.0 Å². The predicted octanol–water partition coefficient (Wildman–Crippen LogP) is -0.518. The van der Waals surface area contributed by atoms with Crippen LogP contribution in [0.4, 0.5) is 0 Å². The van der Waals surface area contributed by atoms with Crippen LogP contribution < -0.4 is 11.5 Å². The molecule has 0 fully saturated rings. The van der Waals surface area contributed by atoms with Crippen molar-refractivity contribution < 1.29 is 4.79 Å². The van der Waals surface area contributed by atoms with E-state index in [4.69, 9.17) is 11.5 Å². The standard InChI is InChI=1S/C8H19N3OS/c1-6(5-13-3)11(2)4-7(9)8(10)12/h6-7H,4-5,9H2,1-3H3,(H2,10,12). The third-order valence-electron chi connectivity index (χ3n) is 2.01. The van der Waals surface area contributed by atoms with Gasteiger partial charge in [-0.15, -0.1) is 0 Å². The molecule has 1 amide bonds. The van der Waals surface area contributed by atoms with Crippen LogP contribution in [0.5, 0.6) is 0 Å². The van der Waals surface area contributed by atoms with E-state index in [0.717, 1.165) is 5.75 Å². The summed E-state index contributed by atoms with van der Waals surface area (Å²) in [6.45, 7) is 2.63. The zero-order valence-corrected chi connectivity index (χ0v) is 9.30. The Morgan fingerprint density at radius 2 is 2.15 bits per heavy atom. The summed E-state index contributed by atoms with van der Waals surface area (Å²) in [7, 11) is 1.95. The maximum atomic E-state index is 10.7. The lowest BCUT2D eigenvalue weighted by Gasteiger charge is -2.25. The second-order valence-corrected chi connectivity index (χ2v) is 4.16. The van der Waals surface area contributed by atoms with Crippen LogP contribution in [-0.4, -0.2) is 48.5 Å². The van der Waals surface area contributed by atoms with E-state index in [9.17, 15) is 4.79 Å².